The van der Waals surface area contributed by atoms with Crippen molar-refractivity contribution < 1.29 is 24.2 Å². The first kappa shape index (κ1) is 24.5. The zero-order valence-corrected chi connectivity index (χ0v) is 20.5. The van der Waals surface area contributed by atoms with Crippen molar-refractivity contribution in [2.24, 2.45) is 0 Å². The number of carbonyl (C=O) groups excluding carboxylic acids is 2. The van der Waals surface area contributed by atoms with Gasteiger partial charge in [-0.05, 0) is 46.4 Å². The Bertz CT molecular complexity index is 1200. The molecule has 35 heavy (non-hydrogen) atoms. The van der Waals surface area contributed by atoms with Crippen molar-refractivity contribution >= 4 is 33.9 Å². The first-order valence-electron chi connectivity index (χ1n) is 11.3. The van der Waals surface area contributed by atoms with Gasteiger partial charge in [-0.1, -0.05) is 76.6 Å². The van der Waals surface area contributed by atoms with Gasteiger partial charge < -0.3 is 20.5 Å². The van der Waals surface area contributed by atoms with Gasteiger partial charge in [0.05, 0.1) is 0 Å². The van der Waals surface area contributed by atoms with Crippen LogP contribution in [0.3, 0.4) is 0 Å². The zero-order valence-electron chi connectivity index (χ0n) is 18.9. The van der Waals surface area contributed by atoms with Crippen molar-refractivity contribution in [2.45, 2.75) is 31.3 Å². The van der Waals surface area contributed by atoms with Crippen molar-refractivity contribution in [3.8, 4) is 11.1 Å². The van der Waals surface area contributed by atoms with E-state index in [1.54, 1.807) is 0 Å². The number of carbonyl (C=O) groups is 3. The van der Waals surface area contributed by atoms with Crippen LogP contribution in [0.1, 0.15) is 35.4 Å². The van der Waals surface area contributed by atoms with Crippen molar-refractivity contribution in [3.05, 3.63) is 94.0 Å². The lowest BCUT2D eigenvalue weighted by atomic mass is 9.98. The largest absolute Gasteiger partial charge is 0.481 e. The van der Waals surface area contributed by atoms with E-state index < -0.39 is 24.0 Å². The standard InChI is InChI=1S/C27H25BrN2O5/c28-18-7-5-6-17(14-18)15-29-26(33)24(12-13-25(31)32)30-27(34)35-16-23-21-10-3-1-8-19(21)20-9-2-4-11-22(20)23/h1-11,14,23-24H,12-13,15-16H2,(H,29,33)(H,30,34)(H,31,32). The number of nitrogens with one attached hydrogen (secondary N) is 2. The predicted octanol–water partition coefficient (Wildman–Crippen LogP) is 4.84. The Morgan fingerprint density at radius 1 is 0.943 bits per heavy atom. The highest BCUT2D eigenvalue weighted by Gasteiger charge is 2.30. The van der Waals surface area contributed by atoms with E-state index in [9.17, 15) is 14.4 Å². The molecule has 0 saturated heterocycles. The SMILES string of the molecule is O=C(O)CCC(NC(=O)OCC1c2ccccc2-c2ccccc21)C(=O)NCc1cccc(Br)c1. The smallest absolute Gasteiger partial charge is 0.407 e. The van der Waals surface area contributed by atoms with Gasteiger partial charge in [-0.2, -0.15) is 0 Å². The second kappa shape index (κ2) is 11.2. The van der Waals surface area contributed by atoms with Gasteiger partial charge >= 0.3 is 12.1 Å². The number of ether oxygens (including phenoxy) is 1. The number of carboxylic acids is 1. The number of hydrogen-bond acceptors (Lipinski definition) is 4. The van der Waals surface area contributed by atoms with Crippen molar-refractivity contribution in [2.75, 3.05) is 6.61 Å². The van der Waals surface area contributed by atoms with Crippen LogP contribution >= 0.6 is 15.9 Å². The third kappa shape index (κ3) is 6.08. The minimum atomic E-state index is -1.05. The Kier molecular flexibility index (Phi) is 7.82. The van der Waals surface area contributed by atoms with Crippen LogP contribution in [-0.2, 0) is 20.9 Å². The number of halogens is 1. The summed E-state index contributed by atoms with van der Waals surface area (Å²) in [7, 11) is 0. The molecule has 1 unspecified atom stereocenters. The van der Waals surface area contributed by atoms with E-state index in [-0.39, 0.29) is 31.9 Å². The molecule has 0 saturated carbocycles. The summed E-state index contributed by atoms with van der Waals surface area (Å²) in [5.74, 6) is -1.64. The lowest BCUT2D eigenvalue weighted by Gasteiger charge is -2.19. The normalized spacial score (nSPS) is 12.8. The summed E-state index contributed by atoms with van der Waals surface area (Å²) < 4.78 is 6.40. The fourth-order valence-corrected chi connectivity index (χ4v) is 4.72. The number of carboxylic acid groups (broad SMARTS) is 1. The van der Waals surface area contributed by atoms with E-state index in [0.29, 0.717) is 0 Å². The molecule has 0 aliphatic heterocycles. The maximum absolute atomic E-state index is 12.8. The van der Waals surface area contributed by atoms with Crippen LogP contribution in [0.5, 0.6) is 0 Å². The van der Waals surface area contributed by atoms with Crippen molar-refractivity contribution in [3.63, 3.8) is 0 Å². The highest BCUT2D eigenvalue weighted by molar-refractivity contribution is 9.10. The molecule has 3 aromatic rings. The summed E-state index contributed by atoms with van der Waals surface area (Å²) >= 11 is 3.39. The lowest BCUT2D eigenvalue weighted by molar-refractivity contribution is -0.137. The van der Waals surface area contributed by atoms with E-state index in [1.165, 1.54) is 0 Å². The Morgan fingerprint density at radius 2 is 1.60 bits per heavy atom. The second-order valence-electron chi connectivity index (χ2n) is 8.30. The first-order chi connectivity index (χ1) is 16.9. The number of benzene rings is 3. The van der Waals surface area contributed by atoms with Gasteiger partial charge in [-0.3, -0.25) is 9.59 Å². The first-order valence-corrected chi connectivity index (χ1v) is 12.1. The predicted molar refractivity (Wildman–Crippen MR) is 135 cm³/mol. The van der Waals surface area contributed by atoms with Gasteiger partial charge in [-0.15, -0.1) is 0 Å². The van der Waals surface area contributed by atoms with Crippen LogP contribution in [0.4, 0.5) is 4.79 Å². The van der Waals surface area contributed by atoms with Crippen LogP contribution in [-0.4, -0.2) is 35.7 Å². The quantitative estimate of drug-likeness (QED) is 0.363. The summed E-state index contributed by atoms with van der Waals surface area (Å²) in [5.41, 5.74) is 5.25. The van der Waals surface area contributed by atoms with Gasteiger partial charge in [0, 0.05) is 23.4 Å². The number of amides is 2. The molecular formula is C27H25BrN2O5. The van der Waals surface area contributed by atoms with Crippen LogP contribution in [0.2, 0.25) is 0 Å². The monoisotopic (exact) mass is 536 g/mol. The second-order valence-corrected chi connectivity index (χ2v) is 9.22. The zero-order chi connectivity index (χ0) is 24.8. The average Bonchev–Trinajstić information content (AvgIpc) is 3.17. The minimum Gasteiger partial charge on any atom is -0.481 e. The van der Waals surface area contributed by atoms with Gasteiger partial charge in [0.2, 0.25) is 5.91 Å². The molecule has 0 heterocycles. The fourth-order valence-electron chi connectivity index (χ4n) is 4.28. The topological polar surface area (TPSA) is 105 Å². The third-order valence-electron chi connectivity index (χ3n) is 5.95. The fraction of sp³-hybridized carbons (Fsp3) is 0.222. The molecule has 1 atom stereocenters. The van der Waals surface area contributed by atoms with Gasteiger partial charge in [0.1, 0.15) is 12.6 Å². The minimum absolute atomic E-state index is 0.0517. The van der Waals surface area contributed by atoms with Crippen LogP contribution in [0, 0.1) is 0 Å². The number of aliphatic carboxylic acids is 1. The summed E-state index contributed by atoms with van der Waals surface area (Å²) in [6.45, 7) is 0.347. The molecule has 3 N–H and O–H groups in total. The molecule has 0 aromatic heterocycles. The molecule has 3 aromatic carbocycles. The van der Waals surface area contributed by atoms with Gasteiger partial charge in [-0.25, -0.2) is 4.79 Å². The molecule has 2 amide bonds. The molecule has 1 aliphatic carbocycles. The third-order valence-corrected chi connectivity index (χ3v) is 6.45. The molecule has 4 rings (SSSR count). The van der Waals surface area contributed by atoms with Crippen molar-refractivity contribution in [1.82, 2.24) is 10.6 Å². The molecule has 0 radical (unpaired) electrons. The van der Waals surface area contributed by atoms with Crippen LogP contribution in [0.25, 0.3) is 11.1 Å². The molecule has 0 fully saturated rings. The average molecular weight is 537 g/mol. The Labute approximate surface area is 211 Å². The summed E-state index contributed by atoms with van der Waals surface area (Å²) in [5, 5.41) is 14.4. The molecule has 1 aliphatic rings. The molecule has 7 nitrogen and oxygen atoms in total. The van der Waals surface area contributed by atoms with Crippen LogP contribution in [0.15, 0.2) is 77.3 Å². The van der Waals surface area contributed by atoms with E-state index >= 15 is 0 Å². The molecule has 0 bridgehead atoms. The van der Waals surface area contributed by atoms with Gasteiger partial charge in [0.25, 0.3) is 0 Å². The highest BCUT2D eigenvalue weighted by Crippen LogP contribution is 2.44. The summed E-state index contributed by atoms with van der Waals surface area (Å²) in [6.07, 6.45) is -1.08. The van der Waals surface area contributed by atoms with Gasteiger partial charge in [0.15, 0.2) is 0 Å². The molecule has 0 spiro atoms. The summed E-state index contributed by atoms with van der Waals surface area (Å²) in [4.78, 5) is 36.5. The Balaban J connectivity index is 1.39. The maximum atomic E-state index is 12.8. The number of hydrogen-bond donors (Lipinski definition) is 3. The van der Waals surface area contributed by atoms with Crippen LogP contribution < -0.4 is 10.6 Å². The Hall–Kier alpha value is -3.65. The highest BCUT2D eigenvalue weighted by atomic mass is 79.9. The van der Waals surface area contributed by atoms with E-state index in [2.05, 4.69) is 26.6 Å². The molecule has 8 heteroatoms. The maximum Gasteiger partial charge on any atom is 0.407 e. The summed E-state index contributed by atoms with van der Waals surface area (Å²) in [6, 6.07) is 22.4. The lowest BCUT2D eigenvalue weighted by Crippen LogP contribution is -2.47. The number of alkyl carbamates (subject to hydrolysis) is 1. The Morgan fingerprint density at radius 3 is 2.23 bits per heavy atom. The number of fused-ring (bicyclic) bond motifs is 3. The van der Waals surface area contributed by atoms with Crippen molar-refractivity contribution in [1.29, 1.82) is 0 Å². The molecular weight excluding hydrogens is 512 g/mol. The number of rotatable bonds is 9. The van der Waals surface area contributed by atoms with E-state index in [0.717, 1.165) is 32.3 Å². The molecule has 180 valence electrons. The van der Waals surface area contributed by atoms with E-state index in [4.69, 9.17) is 9.84 Å². The van der Waals surface area contributed by atoms with E-state index in [1.807, 2.05) is 72.8 Å².